The van der Waals surface area contributed by atoms with E-state index >= 15 is 0 Å². The van der Waals surface area contributed by atoms with Crippen LogP contribution in [-0.4, -0.2) is 25.2 Å². The molecule has 0 unspecified atom stereocenters. The van der Waals surface area contributed by atoms with Gasteiger partial charge in [0.2, 0.25) is 5.78 Å². The van der Waals surface area contributed by atoms with E-state index in [4.69, 9.17) is 5.26 Å². The lowest BCUT2D eigenvalue weighted by Gasteiger charge is -2.12. The molecule has 0 saturated heterocycles. The molecular formula is C10H6O6S. The molecule has 88 valence electrons. The van der Waals surface area contributed by atoms with Gasteiger partial charge in [-0.15, -0.1) is 4.33 Å². The normalized spacial score (nSPS) is 15.5. The smallest absolute Gasteiger partial charge is 0.289 e. The molecule has 0 spiro atoms. The number of carbonyl (C=O) groups excluding carboxylic acids is 2. The molecule has 0 bridgehead atoms. The van der Waals surface area contributed by atoms with Gasteiger partial charge in [0.15, 0.2) is 5.78 Å². The first-order chi connectivity index (χ1) is 7.97. The van der Waals surface area contributed by atoms with E-state index in [1.54, 1.807) is 6.07 Å². The van der Waals surface area contributed by atoms with Crippen LogP contribution in [0, 0.1) is 0 Å². The molecule has 1 aliphatic carbocycles. The number of benzene rings is 1. The molecule has 1 aromatic rings. The quantitative estimate of drug-likeness (QED) is 0.618. The van der Waals surface area contributed by atoms with Crippen molar-refractivity contribution in [3.05, 3.63) is 46.4 Å². The van der Waals surface area contributed by atoms with Crippen molar-refractivity contribution in [2.45, 2.75) is 0 Å². The summed E-state index contributed by atoms with van der Waals surface area (Å²) >= 11 is 0. The van der Waals surface area contributed by atoms with Crippen molar-refractivity contribution in [3.8, 4) is 0 Å². The summed E-state index contributed by atoms with van der Waals surface area (Å²) < 4.78 is 25.7. The number of rotatable bonds is 2. The van der Waals surface area contributed by atoms with Crippen LogP contribution in [-0.2, 0) is 14.5 Å². The Labute approximate surface area is 96.2 Å². The number of Topliss-reactive ketones (excluding diaryl/α,β-unsaturated/α-hetero) is 1. The molecular weight excluding hydrogens is 248 g/mol. The van der Waals surface area contributed by atoms with Gasteiger partial charge in [-0.25, -0.2) is 5.26 Å². The molecule has 1 aromatic carbocycles. The highest BCUT2D eigenvalue weighted by Crippen LogP contribution is 2.24. The van der Waals surface area contributed by atoms with Gasteiger partial charge in [-0.3, -0.25) is 9.59 Å². The number of allylic oxidation sites excluding steroid dienone is 2. The predicted molar refractivity (Wildman–Crippen MR) is 55.8 cm³/mol. The molecule has 0 aromatic heterocycles. The molecule has 0 radical (unpaired) electrons. The lowest BCUT2D eigenvalue weighted by Crippen LogP contribution is -2.23. The lowest BCUT2D eigenvalue weighted by atomic mass is 9.95. The fourth-order valence-corrected chi connectivity index (χ4v) is 2.19. The third-order valence-corrected chi connectivity index (χ3v) is 3.33. The Bertz CT molecular complexity index is 641. The zero-order valence-electron chi connectivity index (χ0n) is 8.28. The van der Waals surface area contributed by atoms with Crippen LogP contribution in [0.5, 0.6) is 0 Å². The Morgan fingerprint density at radius 2 is 1.65 bits per heavy atom. The van der Waals surface area contributed by atoms with Crippen LogP contribution in [0.1, 0.15) is 20.7 Å². The summed E-state index contributed by atoms with van der Waals surface area (Å²) in [4.78, 5) is 22.5. The summed E-state index contributed by atoms with van der Waals surface area (Å²) in [6, 6.07) is 5.80. The second kappa shape index (κ2) is 3.88. The number of hydrogen-bond donors (Lipinski definition) is 1. The molecule has 0 fully saturated rings. The van der Waals surface area contributed by atoms with Gasteiger partial charge in [0.25, 0.3) is 0 Å². The van der Waals surface area contributed by atoms with Gasteiger partial charge in [0, 0.05) is 17.2 Å². The van der Waals surface area contributed by atoms with Gasteiger partial charge in [-0.05, 0) is 0 Å². The van der Waals surface area contributed by atoms with Crippen LogP contribution in [0.15, 0.2) is 35.2 Å². The van der Waals surface area contributed by atoms with Crippen molar-refractivity contribution in [1.29, 1.82) is 0 Å². The van der Waals surface area contributed by atoms with E-state index in [0.29, 0.717) is 6.08 Å². The topological polar surface area (TPSA) is 97.7 Å². The van der Waals surface area contributed by atoms with Crippen molar-refractivity contribution in [3.63, 3.8) is 0 Å². The van der Waals surface area contributed by atoms with E-state index in [0.717, 1.165) is 0 Å². The molecule has 0 amide bonds. The number of hydrogen-bond acceptors (Lipinski definition) is 6. The summed E-state index contributed by atoms with van der Waals surface area (Å²) in [5.41, 5.74) is 0.0880. The summed E-state index contributed by atoms with van der Waals surface area (Å²) in [5, 5.41) is 8.21. The summed E-state index contributed by atoms with van der Waals surface area (Å²) in [7, 11) is -4.60. The van der Waals surface area contributed by atoms with Gasteiger partial charge in [-0.1, -0.05) is 24.3 Å². The molecule has 6 nitrogen and oxygen atoms in total. The average molecular weight is 254 g/mol. The molecule has 1 N–H and O–H groups in total. The van der Waals surface area contributed by atoms with Gasteiger partial charge in [-0.2, -0.15) is 8.42 Å². The largest absolute Gasteiger partial charge is 0.327 e. The zero-order chi connectivity index (χ0) is 12.6. The highest BCUT2D eigenvalue weighted by molar-refractivity contribution is 7.91. The van der Waals surface area contributed by atoms with E-state index in [1.807, 2.05) is 0 Å². The molecule has 17 heavy (non-hydrogen) atoms. The maximum absolute atomic E-state index is 11.8. The van der Waals surface area contributed by atoms with E-state index in [9.17, 15) is 18.0 Å². The molecule has 0 heterocycles. The Kier molecular flexibility index (Phi) is 2.66. The SMILES string of the molecule is O=C1C=C(S(=O)(=O)OO)C(=O)c2ccccc21. The van der Waals surface area contributed by atoms with Gasteiger partial charge in [0.1, 0.15) is 4.91 Å². The minimum Gasteiger partial charge on any atom is -0.289 e. The zero-order valence-corrected chi connectivity index (χ0v) is 9.10. The molecule has 2 rings (SSSR count). The van der Waals surface area contributed by atoms with Crippen LogP contribution in [0.2, 0.25) is 0 Å². The van der Waals surface area contributed by atoms with Crippen molar-refractivity contribution >= 4 is 21.7 Å². The molecule has 0 saturated carbocycles. The molecule has 0 atom stereocenters. The van der Waals surface area contributed by atoms with E-state index in [2.05, 4.69) is 4.33 Å². The first-order valence-electron chi connectivity index (χ1n) is 4.45. The second-order valence-corrected chi connectivity index (χ2v) is 4.77. The van der Waals surface area contributed by atoms with Crippen LogP contribution in [0.25, 0.3) is 0 Å². The third kappa shape index (κ3) is 1.80. The van der Waals surface area contributed by atoms with Crippen LogP contribution < -0.4 is 0 Å². The molecule has 1 aliphatic rings. The van der Waals surface area contributed by atoms with Crippen molar-refractivity contribution < 1.29 is 27.6 Å². The monoisotopic (exact) mass is 254 g/mol. The minimum atomic E-state index is -4.60. The van der Waals surface area contributed by atoms with Crippen LogP contribution in [0.3, 0.4) is 0 Å². The van der Waals surface area contributed by atoms with Crippen molar-refractivity contribution in [2.75, 3.05) is 0 Å². The first kappa shape index (κ1) is 11.6. The average Bonchev–Trinajstić information content (AvgIpc) is 2.33. The highest BCUT2D eigenvalue weighted by atomic mass is 32.2. The third-order valence-electron chi connectivity index (χ3n) is 2.29. The second-order valence-electron chi connectivity index (χ2n) is 3.28. The van der Waals surface area contributed by atoms with Gasteiger partial charge >= 0.3 is 10.1 Å². The van der Waals surface area contributed by atoms with Gasteiger partial charge < -0.3 is 0 Å². The Hall–Kier alpha value is -1.83. The Morgan fingerprint density at radius 1 is 1.06 bits per heavy atom. The summed E-state index contributed by atoms with van der Waals surface area (Å²) in [5.74, 6) is -1.51. The number of fused-ring (bicyclic) bond motifs is 1. The maximum Gasteiger partial charge on any atom is 0.327 e. The Morgan fingerprint density at radius 3 is 2.24 bits per heavy atom. The molecule has 0 aliphatic heterocycles. The standard InChI is InChI=1S/C10H6O6S/c11-8-5-9(17(14,15)16-13)10(12)7-4-2-1-3-6(7)8/h1-5,13H. The maximum atomic E-state index is 11.8. The minimum absolute atomic E-state index is 0.0318. The summed E-state index contributed by atoms with van der Waals surface area (Å²) in [6.07, 6.45) is 0.635. The lowest BCUT2D eigenvalue weighted by molar-refractivity contribution is -0.129. The highest BCUT2D eigenvalue weighted by Gasteiger charge is 2.34. The number of carbonyl (C=O) groups is 2. The van der Waals surface area contributed by atoms with Crippen LogP contribution >= 0.6 is 0 Å². The predicted octanol–water partition coefficient (Wildman–Crippen LogP) is 0.769. The van der Waals surface area contributed by atoms with E-state index in [1.165, 1.54) is 18.2 Å². The van der Waals surface area contributed by atoms with Gasteiger partial charge in [0.05, 0.1) is 0 Å². The summed E-state index contributed by atoms with van der Waals surface area (Å²) in [6.45, 7) is 0. The molecule has 7 heteroatoms. The van der Waals surface area contributed by atoms with Crippen LogP contribution in [0.4, 0.5) is 0 Å². The number of ketones is 2. The van der Waals surface area contributed by atoms with E-state index < -0.39 is 26.6 Å². The fourth-order valence-electron chi connectivity index (χ4n) is 1.52. The van der Waals surface area contributed by atoms with Crippen molar-refractivity contribution in [2.24, 2.45) is 0 Å². The first-order valence-corrected chi connectivity index (χ1v) is 5.86. The van der Waals surface area contributed by atoms with E-state index in [-0.39, 0.29) is 11.1 Å². The van der Waals surface area contributed by atoms with Crippen molar-refractivity contribution in [1.82, 2.24) is 0 Å². The Balaban J connectivity index is 2.65. The fraction of sp³-hybridized carbons (Fsp3) is 0.